The van der Waals surface area contributed by atoms with Crippen LogP contribution in [0.1, 0.15) is 36.6 Å². The van der Waals surface area contributed by atoms with Crippen molar-refractivity contribution in [2.24, 2.45) is 4.99 Å². The molecule has 0 N–H and O–H groups in total. The second-order valence-electron chi connectivity index (χ2n) is 9.28. The molecule has 0 aliphatic carbocycles. The van der Waals surface area contributed by atoms with E-state index in [0.29, 0.717) is 52.2 Å². The van der Waals surface area contributed by atoms with Crippen molar-refractivity contribution in [3.8, 4) is 11.5 Å². The first-order chi connectivity index (χ1) is 20.2. The lowest BCUT2D eigenvalue weighted by molar-refractivity contribution is -0.139. The van der Waals surface area contributed by atoms with Gasteiger partial charge < -0.3 is 14.2 Å². The predicted octanol–water partition coefficient (Wildman–Crippen LogP) is 6.46. The molecule has 0 amide bonds. The normalized spacial score (nSPS) is 14.8. The van der Waals surface area contributed by atoms with Crippen LogP contribution in [0.5, 0.6) is 11.5 Å². The molecule has 42 heavy (non-hydrogen) atoms. The molecular formula is C31H25BrCl2N2O5S. The molecule has 3 aromatic carbocycles. The third kappa shape index (κ3) is 6.06. The Morgan fingerprint density at radius 1 is 1.14 bits per heavy atom. The molecule has 1 aromatic heterocycles. The van der Waals surface area contributed by atoms with Crippen molar-refractivity contribution >= 4 is 62.5 Å². The first-order valence-corrected chi connectivity index (χ1v) is 15.3. The van der Waals surface area contributed by atoms with Gasteiger partial charge in [0.05, 0.1) is 34.0 Å². The zero-order chi connectivity index (χ0) is 30.0. The Hall–Kier alpha value is -3.37. The molecule has 1 atom stereocenters. The van der Waals surface area contributed by atoms with Crippen molar-refractivity contribution in [1.29, 1.82) is 0 Å². The Bertz CT molecular complexity index is 1900. The van der Waals surface area contributed by atoms with Crippen molar-refractivity contribution < 1.29 is 19.0 Å². The van der Waals surface area contributed by atoms with Crippen LogP contribution in [-0.2, 0) is 16.1 Å². The maximum absolute atomic E-state index is 13.9. The van der Waals surface area contributed by atoms with Crippen molar-refractivity contribution in [3.05, 3.63) is 123 Å². The third-order valence-electron chi connectivity index (χ3n) is 6.54. The number of thiazole rings is 1. The van der Waals surface area contributed by atoms with Gasteiger partial charge in [0.2, 0.25) is 0 Å². The van der Waals surface area contributed by atoms with Crippen LogP contribution in [-0.4, -0.2) is 24.3 Å². The molecule has 0 spiro atoms. The molecule has 0 bridgehead atoms. The topological polar surface area (TPSA) is 79.1 Å². The van der Waals surface area contributed by atoms with Gasteiger partial charge in [0.25, 0.3) is 5.56 Å². The average Bonchev–Trinajstić information content (AvgIpc) is 3.25. The lowest BCUT2D eigenvalue weighted by atomic mass is 9.96. The van der Waals surface area contributed by atoms with Crippen LogP contribution in [0.2, 0.25) is 10.0 Å². The molecule has 0 saturated heterocycles. The van der Waals surface area contributed by atoms with Gasteiger partial charge in [-0.2, -0.15) is 0 Å². The van der Waals surface area contributed by atoms with Gasteiger partial charge in [0, 0.05) is 10.0 Å². The highest BCUT2D eigenvalue weighted by Gasteiger charge is 2.34. The Labute approximate surface area is 264 Å². The maximum atomic E-state index is 13.9. The van der Waals surface area contributed by atoms with E-state index in [-0.39, 0.29) is 24.3 Å². The molecule has 1 aliphatic rings. The van der Waals surface area contributed by atoms with E-state index < -0.39 is 12.0 Å². The summed E-state index contributed by atoms with van der Waals surface area (Å²) in [5.74, 6) is 0.462. The summed E-state index contributed by atoms with van der Waals surface area (Å²) in [5, 5.41) is 1.05. The van der Waals surface area contributed by atoms with Gasteiger partial charge in [-0.15, -0.1) is 0 Å². The number of methoxy groups -OCH3 is 1. The lowest BCUT2D eigenvalue weighted by Gasteiger charge is -2.25. The molecule has 5 rings (SSSR count). The van der Waals surface area contributed by atoms with Crippen LogP contribution in [0.25, 0.3) is 6.08 Å². The van der Waals surface area contributed by atoms with Crippen molar-refractivity contribution in [2.75, 3.05) is 13.7 Å². The fourth-order valence-corrected chi connectivity index (χ4v) is 6.75. The Balaban J connectivity index is 1.58. The van der Waals surface area contributed by atoms with E-state index in [1.54, 1.807) is 57.4 Å². The van der Waals surface area contributed by atoms with Gasteiger partial charge in [0.15, 0.2) is 16.3 Å². The number of fused-ring (bicyclic) bond motifs is 1. The van der Waals surface area contributed by atoms with E-state index in [4.69, 9.17) is 37.4 Å². The van der Waals surface area contributed by atoms with Crippen molar-refractivity contribution in [1.82, 2.24) is 4.57 Å². The number of benzene rings is 3. The Kier molecular flexibility index (Phi) is 9.22. The molecule has 216 valence electrons. The number of allylic oxidation sites excluding steroid dienone is 1. The van der Waals surface area contributed by atoms with Gasteiger partial charge in [-0.05, 0) is 82.9 Å². The molecule has 4 aromatic rings. The van der Waals surface area contributed by atoms with Crippen LogP contribution in [0.4, 0.5) is 0 Å². The predicted molar refractivity (Wildman–Crippen MR) is 168 cm³/mol. The van der Waals surface area contributed by atoms with E-state index in [0.717, 1.165) is 5.56 Å². The summed E-state index contributed by atoms with van der Waals surface area (Å²) >= 11 is 17.5. The smallest absolute Gasteiger partial charge is 0.338 e. The summed E-state index contributed by atoms with van der Waals surface area (Å²) in [7, 11) is 1.55. The van der Waals surface area contributed by atoms with E-state index >= 15 is 0 Å². The number of hydrogen-bond donors (Lipinski definition) is 0. The summed E-state index contributed by atoms with van der Waals surface area (Å²) in [6, 6.07) is 17.4. The molecule has 0 fully saturated rings. The molecule has 2 heterocycles. The highest BCUT2D eigenvalue weighted by molar-refractivity contribution is 9.10. The van der Waals surface area contributed by atoms with Crippen LogP contribution in [0.3, 0.4) is 0 Å². The fourth-order valence-electron chi connectivity index (χ4n) is 4.68. The molecule has 1 aliphatic heterocycles. The van der Waals surface area contributed by atoms with Gasteiger partial charge >= 0.3 is 5.97 Å². The third-order valence-corrected chi connectivity index (χ3v) is 8.69. The standard InChI is InChI=1S/C31H25BrCl2N2O5S/c1-4-40-30(38)26-17(2)35-31-36(27(26)21-10-5-6-11-23(21)34)29(37)25(42-31)15-19-13-22(32)28(24(14-19)39-3)41-16-18-8-7-9-20(33)12-18/h5-15,27H,4,16H2,1-3H3/b25-15-/t27-/m1/s1. The zero-order valence-corrected chi connectivity index (χ0v) is 26.7. The minimum Gasteiger partial charge on any atom is -0.493 e. The summed E-state index contributed by atoms with van der Waals surface area (Å²) in [6.07, 6.45) is 1.75. The Morgan fingerprint density at radius 3 is 2.64 bits per heavy atom. The molecule has 7 nitrogen and oxygen atoms in total. The van der Waals surface area contributed by atoms with Gasteiger partial charge in [-0.3, -0.25) is 9.36 Å². The number of ether oxygens (including phenoxy) is 3. The van der Waals surface area contributed by atoms with Crippen LogP contribution in [0, 0.1) is 0 Å². The Morgan fingerprint density at radius 2 is 1.93 bits per heavy atom. The van der Waals surface area contributed by atoms with E-state index in [1.807, 2.05) is 30.3 Å². The van der Waals surface area contributed by atoms with Gasteiger partial charge in [-0.1, -0.05) is 64.9 Å². The van der Waals surface area contributed by atoms with E-state index in [1.165, 1.54) is 15.9 Å². The van der Waals surface area contributed by atoms with Crippen LogP contribution < -0.4 is 24.4 Å². The highest BCUT2D eigenvalue weighted by atomic mass is 79.9. The zero-order valence-electron chi connectivity index (χ0n) is 22.8. The summed E-state index contributed by atoms with van der Waals surface area (Å²) in [5.41, 5.74) is 2.65. The molecule has 0 radical (unpaired) electrons. The highest BCUT2D eigenvalue weighted by Crippen LogP contribution is 2.38. The van der Waals surface area contributed by atoms with Crippen molar-refractivity contribution in [3.63, 3.8) is 0 Å². The monoisotopic (exact) mass is 686 g/mol. The lowest BCUT2D eigenvalue weighted by Crippen LogP contribution is -2.40. The van der Waals surface area contributed by atoms with Crippen LogP contribution >= 0.6 is 50.5 Å². The number of carbonyl (C=O) groups excluding carboxylic acids is 1. The second kappa shape index (κ2) is 12.9. The first-order valence-electron chi connectivity index (χ1n) is 12.9. The van der Waals surface area contributed by atoms with E-state index in [9.17, 15) is 9.59 Å². The minimum atomic E-state index is -0.792. The summed E-state index contributed by atoms with van der Waals surface area (Å²) in [4.78, 5) is 32.1. The number of nitrogens with zero attached hydrogens (tertiary/aromatic N) is 2. The largest absolute Gasteiger partial charge is 0.493 e. The number of aromatic nitrogens is 1. The number of carbonyl (C=O) groups is 1. The second-order valence-corrected chi connectivity index (χ2v) is 12.0. The van der Waals surface area contributed by atoms with Crippen LogP contribution in [0.15, 0.2) is 86.2 Å². The number of halogens is 3. The van der Waals surface area contributed by atoms with Gasteiger partial charge in [-0.25, -0.2) is 9.79 Å². The maximum Gasteiger partial charge on any atom is 0.338 e. The summed E-state index contributed by atoms with van der Waals surface area (Å²) in [6.45, 7) is 3.94. The van der Waals surface area contributed by atoms with Gasteiger partial charge in [0.1, 0.15) is 12.6 Å². The average molecular weight is 688 g/mol. The SMILES string of the molecule is CCOC(=O)C1=C(C)N=c2s/c(=C\c3cc(Br)c(OCc4cccc(Cl)c4)c(OC)c3)c(=O)n2[C@@H]1c1ccccc1Cl. The van der Waals surface area contributed by atoms with E-state index in [2.05, 4.69) is 20.9 Å². The molecular weight excluding hydrogens is 663 g/mol. The fraction of sp³-hybridized carbons (Fsp3) is 0.194. The number of esters is 1. The van der Waals surface area contributed by atoms with Crippen molar-refractivity contribution in [2.45, 2.75) is 26.5 Å². The summed E-state index contributed by atoms with van der Waals surface area (Å²) < 4.78 is 19.6. The first kappa shape index (κ1) is 30.1. The minimum absolute atomic E-state index is 0.185. The quantitative estimate of drug-likeness (QED) is 0.199. The molecule has 0 saturated carbocycles. The number of hydrogen-bond acceptors (Lipinski definition) is 7. The molecule has 0 unspecified atom stereocenters. The molecule has 11 heteroatoms. The number of rotatable bonds is 8.